The van der Waals surface area contributed by atoms with E-state index < -0.39 is 12.0 Å². The first kappa shape index (κ1) is 17.6. The van der Waals surface area contributed by atoms with Crippen molar-refractivity contribution in [1.29, 1.82) is 0 Å². The summed E-state index contributed by atoms with van der Waals surface area (Å²) in [5, 5.41) is 13.2. The maximum Gasteiger partial charge on any atom is 0.404 e. The van der Waals surface area contributed by atoms with Crippen LogP contribution >= 0.6 is 11.6 Å². The van der Waals surface area contributed by atoms with E-state index in [1.165, 1.54) is 12.3 Å². The van der Waals surface area contributed by atoms with Gasteiger partial charge in [0, 0.05) is 19.2 Å². The minimum atomic E-state index is -1.15. The highest BCUT2D eigenvalue weighted by molar-refractivity contribution is 6.33. The van der Waals surface area contributed by atoms with E-state index in [4.69, 9.17) is 21.4 Å². The van der Waals surface area contributed by atoms with Crippen molar-refractivity contribution in [2.45, 2.75) is 6.61 Å². The van der Waals surface area contributed by atoms with E-state index in [1.54, 1.807) is 0 Å². The predicted molar refractivity (Wildman–Crippen MR) is 88.4 cm³/mol. The average molecular weight is 350 g/mol. The maximum atomic E-state index is 11.9. The molecule has 0 aliphatic carbocycles. The Labute approximate surface area is 143 Å². The normalized spacial score (nSPS) is 10.0. The van der Waals surface area contributed by atoms with E-state index in [9.17, 15) is 9.59 Å². The summed E-state index contributed by atoms with van der Waals surface area (Å²) in [5.74, 6) is -0.0326. The van der Waals surface area contributed by atoms with Gasteiger partial charge in [-0.05, 0) is 5.56 Å². The number of ether oxygens (including phenoxy) is 1. The average Bonchev–Trinajstić information content (AvgIpc) is 2.57. The Kier molecular flexibility index (Phi) is 6.39. The van der Waals surface area contributed by atoms with Crippen LogP contribution < -0.4 is 15.4 Å². The molecule has 0 radical (unpaired) electrons. The third kappa shape index (κ3) is 5.44. The largest absolute Gasteiger partial charge is 0.487 e. The van der Waals surface area contributed by atoms with Crippen LogP contribution in [0.1, 0.15) is 16.1 Å². The molecule has 1 aromatic heterocycles. The first-order valence-electron chi connectivity index (χ1n) is 7.13. The van der Waals surface area contributed by atoms with Gasteiger partial charge in [-0.2, -0.15) is 0 Å². The lowest BCUT2D eigenvalue weighted by molar-refractivity contribution is 0.0948. The van der Waals surface area contributed by atoms with Gasteiger partial charge >= 0.3 is 6.09 Å². The van der Waals surface area contributed by atoms with Crippen molar-refractivity contribution in [3.63, 3.8) is 0 Å². The lowest BCUT2D eigenvalue weighted by atomic mass is 10.2. The summed E-state index contributed by atoms with van der Waals surface area (Å²) in [6.45, 7) is 0.595. The van der Waals surface area contributed by atoms with E-state index in [2.05, 4.69) is 15.6 Å². The van der Waals surface area contributed by atoms with Gasteiger partial charge in [-0.15, -0.1) is 0 Å². The molecule has 0 saturated carbocycles. The number of carbonyl (C=O) groups excluding carboxylic acids is 1. The second-order valence-corrected chi connectivity index (χ2v) is 5.17. The molecular weight excluding hydrogens is 334 g/mol. The molecule has 8 heteroatoms. The van der Waals surface area contributed by atoms with Gasteiger partial charge in [-0.25, -0.2) is 9.78 Å². The molecule has 0 aliphatic heterocycles. The molecule has 2 rings (SSSR count). The van der Waals surface area contributed by atoms with Crippen molar-refractivity contribution < 1.29 is 19.4 Å². The molecule has 1 heterocycles. The van der Waals surface area contributed by atoms with Gasteiger partial charge in [0.25, 0.3) is 5.91 Å². The zero-order valence-corrected chi connectivity index (χ0v) is 13.4. The molecule has 2 aromatic rings. The molecular formula is C16H16ClN3O4. The highest BCUT2D eigenvalue weighted by Crippen LogP contribution is 2.21. The lowest BCUT2D eigenvalue weighted by Gasteiger charge is -2.09. The molecule has 3 N–H and O–H groups in total. The predicted octanol–water partition coefficient (Wildman–Crippen LogP) is 2.31. The number of benzene rings is 1. The van der Waals surface area contributed by atoms with E-state index in [-0.39, 0.29) is 23.8 Å². The van der Waals surface area contributed by atoms with Crippen molar-refractivity contribution in [3.8, 4) is 5.75 Å². The molecule has 0 fully saturated rings. The fraction of sp³-hybridized carbons (Fsp3) is 0.188. The minimum Gasteiger partial charge on any atom is -0.487 e. The summed E-state index contributed by atoms with van der Waals surface area (Å²) in [4.78, 5) is 26.2. The Balaban J connectivity index is 1.89. The van der Waals surface area contributed by atoms with Gasteiger partial charge in [0.05, 0.1) is 11.2 Å². The highest BCUT2D eigenvalue weighted by Gasteiger charge is 2.13. The van der Waals surface area contributed by atoms with Gasteiger partial charge in [0.15, 0.2) is 0 Å². The van der Waals surface area contributed by atoms with Crippen molar-refractivity contribution in [2.75, 3.05) is 13.1 Å². The zero-order chi connectivity index (χ0) is 17.4. The molecule has 2 amide bonds. The maximum absolute atomic E-state index is 11.9. The summed E-state index contributed by atoms with van der Waals surface area (Å²) in [6, 6.07) is 11.1. The monoisotopic (exact) mass is 349 g/mol. The van der Waals surface area contributed by atoms with E-state index in [0.717, 1.165) is 5.56 Å². The number of halogens is 1. The van der Waals surface area contributed by atoms with Gasteiger partial charge in [0.1, 0.15) is 18.1 Å². The summed E-state index contributed by atoms with van der Waals surface area (Å²) in [6.07, 6.45) is 0.263. The molecule has 0 spiro atoms. The van der Waals surface area contributed by atoms with Gasteiger partial charge < -0.3 is 20.5 Å². The number of rotatable bonds is 7. The Morgan fingerprint density at radius 2 is 1.88 bits per heavy atom. The molecule has 0 bridgehead atoms. The summed E-state index contributed by atoms with van der Waals surface area (Å²) in [5.41, 5.74) is 1.06. The van der Waals surface area contributed by atoms with Crippen molar-refractivity contribution in [1.82, 2.24) is 15.6 Å². The second kappa shape index (κ2) is 8.73. The van der Waals surface area contributed by atoms with Crippen LogP contribution in [0.15, 0.2) is 42.6 Å². The van der Waals surface area contributed by atoms with Crippen LogP contribution in [0.5, 0.6) is 5.75 Å². The van der Waals surface area contributed by atoms with Crippen LogP contribution in [-0.4, -0.2) is 35.2 Å². The van der Waals surface area contributed by atoms with E-state index >= 15 is 0 Å². The number of hydrogen-bond acceptors (Lipinski definition) is 4. The third-order valence-electron chi connectivity index (χ3n) is 2.97. The number of nitrogens with one attached hydrogen (secondary N) is 2. The van der Waals surface area contributed by atoms with Crippen molar-refractivity contribution in [2.24, 2.45) is 0 Å². The number of nitrogens with zero attached hydrogens (tertiary/aromatic N) is 1. The molecule has 0 atom stereocenters. The van der Waals surface area contributed by atoms with Gasteiger partial charge in [0.2, 0.25) is 0 Å². The van der Waals surface area contributed by atoms with Crippen LogP contribution in [0.4, 0.5) is 4.79 Å². The SMILES string of the molecule is O=C(O)NCCNC(=O)c1ncc(OCc2ccccc2)cc1Cl. The lowest BCUT2D eigenvalue weighted by Crippen LogP contribution is -2.34. The fourth-order valence-corrected chi connectivity index (χ4v) is 2.08. The number of carboxylic acid groups (broad SMARTS) is 1. The molecule has 24 heavy (non-hydrogen) atoms. The number of aromatic nitrogens is 1. The summed E-state index contributed by atoms with van der Waals surface area (Å²) in [7, 11) is 0. The Bertz CT molecular complexity index is 710. The second-order valence-electron chi connectivity index (χ2n) is 4.76. The van der Waals surface area contributed by atoms with Gasteiger partial charge in [-0.1, -0.05) is 41.9 Å². The molecule has 0 aliphatic rings. The number of carbonyl (C=O) groups is 2. The number of amides is 2. The summed E-state index contributed by atoms with van der Waals surface area (Å²) >= 11 is 6.06. The topological polar surface area (TPSA) is 101 Å². The van der Waals surface area contributed by atoms with Gasteiger partial charge in [-0.3, -0.25) is 4.79 Å². The first-order chi connectivity index (χ1) is 11.6. The highest BCUT2D eigenvalue weighted by atomic mass is 35.5. The van der Waals surface area contributed by atoms with Crippen LogP contribution in [-0.2, 0) is 6.61 Å². The molecule has 126 valence electrons. The van der Waals surface area contributed by atoms with Crippen LogP contribution in [0.3, 0.4) is 0 Å². The molecule has 1 aromatic carbocycles. The Morgan fingerprint density at radius 3 is 2.54 bits per heavy atom. The van der Waals surface area contributed by atoms with Crippen LogP contribution in [0.2, 0.25) is 5.02 Å². The third-order valence-corrected chi connectivity index (χ3v) is 3.25. The van der Waals surface area contributed by atoms with Crippen LogP contribution in [0, 0.1) is 0 Å². The van der Waals surface area contributed by atoms with E-state index in [0.29, 0.717) is 12.4 Å². The smallest absolute Gasteiger partial charge is 0.404 e. The number of hydrogen-bond donors (Lipinski definition) is 3. The standard InChI is InChI=1S/C16H16ClN3O4/c17-13-8-12(24-10-11-4-2-1-3-5-11)9-20-14(13)15(21)18-6-7-19-16(22)23/h1-5,8-9,19H,6-7,10H2,(H,18,21)(H,22,23). The Hall–Kier alpha value is -2.80. The van der Waals surface area contributed by atoms with E-state index in [1.807, 2.05) is 30.3 Å². The van der Waals surface area contributed by atoms with Crippen LogP contribution in [0.25, 0.3) is 0 Å². The minimum absolute atomic E-state index is 0.0547. The fourth-order valence-electron chi connectivity index (χ4n) is 1.84. The summed E-state index contributed by atoms with van der Waals surface area (Å²) < 4.78 is 5.58. The molecule has 0 saturated heterocycles. The first-order valence-corrected chi connectivity index (χ1v) is 7.51. The number of pyridine rings is 1. The van der Waals surface area contributed by atoms with Crippen molar-refractivity contribution >= 4 is 23.6 Å². The Morgan fingerprint density at radius 1 is 1.17 bits per heavy atom. The zero-order valence-electron chi connectivity index (χ0n) is 12.7. The molecule has 7 nitrogen and oxygen atoms in total. The quantitative estimate of drug-likeness (QED) is 0.666. The molecule has 0 unspecified atom stereocenters. The van der Waals surface area contributed by atoms with Crippen molar-refractivity contribution in [3.05, 3.63) is 58.9 Å².